The molecule has 4 rings (SSSR count). The van der Waals surface area contributed by atoms with Crippen molar-refractivity contribution in [2.24, 2.45) is 0 Å². The molecule has 0 aliphatic heterocycles. The third-order valence-electron chi connectivity index (χ3n) is 3.63. The van der Waals surface area contributed by atoms with Crippen molar-refractivity contribution in [1.82, 2.24) is 9.97 Å². The van der Waals surface area contributed by atoms with Gasteiger partial charge in [0.1, 0.15) is 5.82 Å². The van der Waals surface area contributed by atoms with Crippen LogP contribution in [0.1, 0.15) is 11.1 Å². The van der Waals surface area contributed by atoms with Gasteiger partial charge in [-0.1, -0.05) is 36.4 Å². The molecule has 20 heavy (non-hydrogen) atoms. The molecule has 0 amide bonds. The molecule has 0 saturated heterocycles. The number of hydrogen-bond acceptors (Lipinski definition) is 2. The van der Waals surface area contributed by atoms with Gasteiger partial charge in [-0.3, -0.25) is 0 Å². The van der Waals surface area contributed by atoms with Crippen molar-refractivity contribution in [2.75, 3.05) is 0 Å². The normalized spacial score (nSPS) is 12.1. The number of nitrogens with zero attached hydrogens (tertiary/aromatic N) is 2. The predicted octanol–water partition coefficient (Wildman–Crippen LogP) is 3.85. The molecule has 0 spiro atoms. The predicted molar refractivity (Wildman–Crippen MR) is 75.7 cm³/mol. The molecular weight excluding hydrogens is 251 g/mol. The zero-order valence-electron chi connectivity index (χ0n) is 10.7. The Balaban J connectivity index is 1.90. The van der Waals surface area contributed by atoms with Crippen LogP contribution in [0.25, 0.3) is 22.6 Å². The van der Waals surface area contributed by atoms with Gasteiger partial charge < -0.3 is 0 Å². The summed E-state index contributed by atoms with van der Waals surface area (Å²) >= 11 is 0. The zero-order chi connectivity index (χ0) is 13.5. The van der Waals surface area contributed by atoms with Gasteiger partial charge in [-0.25, -0.2) is 14.4 Å². The molecule has 1 aromatic heterocycles. The number of hydrogen-bond donors (Lipinski definition) is 0. The first-order valence-corrected chi connectivity index (χ1v) is 6.52. The van der Waals surface area contributed by atoms with Crippen LogP contribution in [0.3, 0.4) is 0 Å². The number of halogens is 1. The van der Waals surface area contributed by atoms with E-state index >= 15 is 0 Å². The number of aromatic nitrogens is 2. The minimum absolute atomic E-state index is 0.293. The Labute approximate surface area is 116 Å². The molecule has 2 nitrogen and oxygen atoms in total. The highest BCUT2D eigenvalue weighted by molar-refractivity contribution is 5.74. The highest BCUT2D eigenvalue weighted by Crippen LogP contribution is 2.35. The van der Waals surface area contributed by atoms with Crippen LogP contribution in [0.5, 0.6) is 0 Å². The fraction of sp³-hybridized carbons (Fsp3) is 0.0588. The average Bonchev–Trinajstić information content (AvgIpc) is 2.85. The number of rotatable bonds is 1. The molecule has 0 saturated carbocycles. The van der Waals surface area contributed by atoms with Gasteiger partial charge in [0, 0.05) is 23.7 Å². The Morgan fingerprint density at radius 3 is 2.45 bits per heavy atom. The van der Waals surface area contributed by atoms with Crippen LogP contribution in [0, 0.1) is 5.82 Å². The van der Waals surface area contributed by atoms with Crippen LogP contribution in [0.2, 0.25) is 0 Å². The lowest BCUT2D eigenvalue weighted by molar-refractivity contribution is 0.630. The Morgan fingerprint density at radius 2 is 1.60 bits per heavy atom. The molecule has 0 radical (unpaired) electrons. The van der Waals surface area contributed by atoms with Crippen molar-refractivity contribution in [3.63, 3.8) is 0 Å². The van der Waals surface area contributed by atoms with Crippen molar-refractivity contribution in [1.29, 1.82) is 0 Å². The first-order valence-electron chi connectivity index (χ1n) is 6.52. The topological polar surface area (TPSA) is 25.8 Å². The summed E-state index contributed by atoms with van der Waals surface area (Å²) in [5.74, 6) is 0.150. The van der Waals surface area contributed by atoms with Gasteiger partial charge in [0.25, 0.3) is 0 Å². The Morgan fingerprint density at radius 1 is 0.850 bits per heavy atom. The van der Waals surface area contributed by atoms with Gasteiger partial charge in [0.05, 0.1) is 11.3 Å². The minimum atomic E-state index is -0.293. The molecule has 1 heterocycles. The standard InChI is InChI=1S/C17H11FN2/c18-15-8-4-3-7-14(15)17-19-10-12-9-11-5-1-2-6-13(11)16(12)20-17/h1-8,10H,9H2. The quantitative estimate of drug-likeness (QED) is 0.520. The van der Waals surface area contributed by atoms with Crippen molar-refractivity contribution < 1.29 is 4.39 Å². The van der Waals surface area contributed by atoms with E-state index in [-0.39, 0.29) is 5.82 Å². The lowest BCUT2D eigenvalue weighted by Crippen LogP contribution is -1.95. The van der Waals surface area contributed by atoms with E-state index in [9.17, 15) is 4.39 Å². The first-order chi connectivity index (χ1) is 9.83. The molecule has 96 valence electrons. The summed E-state index contributed by atoms with van der Waals surface area (Å²) in [6, 6.07) is 14.8. The number of benzene rings is 2. The monoisotopic (exact) mass is 262 g/mol. The molecule has 0 atom stereocenters. The third-order valence-corrected chi connectivity index (χ3v) is 3.63. The largest absolute Gasteiger partial charge is 0.236 e. The summed E-state index contributed by atoms with van der Waals surface area (Å²) in [6.07, 6.45) is 2.66. The maximum absolute atomic E-state index is 13.8. The Kier molecular flexibility index (Phi) is 2.39. The summed E-state index contributed by atoms with van der Waals surface area (Å²) in [6.45, 7) is 0. The zero-order valence-corrected chi connectivity index (χ0v) is 10.7. The molecule has 0 bridgehead atoms. The van der Waals surface area contributed by atoms with Gasteiger partial charge in [0.2, 0.25) is 0 Å². The third kappa shape index (κ3) is 1.63. The molecule has 3 aromatic rings. The summed E-state index contributed by atoms with van der Waals surface area (Å²) in [7, 11) is 0. The van der Waals surface area contributed by atoms with E-state index in [2.05, 4.69) is 22.1 Å². The van der Waals surface area contributed by atoms with E-state index < -0.39 is 0 Å². The first kappa shape index (κ1) is 11.3. The van der Waals surface area contributed by atoms with Gasteiger partial charge in [-0.05, 0) is 17.7 Å². The van der Waals surface area contributed by atoms with Crippen LogP contribution in [-0.4, -0.2) is 9.97 Å². The molecule has 3 heteroatoms. The van der Waals surface area contributed by atoms with Crippen LogP contribution in [0.15, 0.2) is 54.7 Å². The Hall–Kier alpha value is -2.55. The van der Waals surface area contributed by atoms with Crippen molar-refractivity contribution in [3.8, 4) is 22.6 Å². The summed E-state index contributed by atoms with van der Waals surface area (Å²) < 4.78 is 13.8. The molecule has 1 aliphatic rings. The molecule has 2 aromatic carbocycles. The molecular formula is C17H11FN2. The fourth-order valence-corrected chi connectivity index (χ4v) is 2.65. The fourth-order valence-electron chi connectivity index (χ4n) is 2.65. The number of fused-ring (bicyclic) bond motifs is 3. The maximum atomic E-state index is 13.8. The van der Waals surface area contributed by atoms with Crippen LogP contribution in [0.4, 0.5) is 4.39 Å². The smallest absolute Gasteiger partial charge is 0.162 e. The second-order valence-corrected chi connectivity index (χ2v) is 4.88. The van der Waals surface area contributed by atoms with E-state index in [1.54, 1.807) is 18.2 Å². The Bertz CT molecular complexity index is 812. The SMILES string of the molecule is Fc1ccccc1-c1ncc2c(n1)-c1ccccc1C2. The van der Waals surface area contributed by atoms with Crippen molar-refractivity contribution in [2.45, 2.75) is 6.42 Å². The maximum Gasteiger partial charge on any atom is 0.162 e. The van der Waals surface area contributed by atoms with Crippen molar-refractivity contribution >= 4 is 0 Å². The molecule has 0 N–H and O–H groups in total. The van der Waals surface area contributed by atoms with Crippen molar-refractivity contribution in [3.05, 3.63) is 71.7 Å². The second kappa shape index (κ2) is 4.23. The molecule has 0 unspecified atom stereocenters. The van der Waals surface area contributed by atoms with Gasteiger partial charge >= 0.3 is 0 Å². The van der Waals surface area contributed by atoms with Crippen LogP contribution >= 0.6 is 0 Å². The van der Waals surface area contributed by atoms with E-state index in [1.165, 1.54) is 11.6 Å². The van der Waals surface area contributed by atoms with Gasteiger partial charge in [-0.15, -0.1) is 0 Å². The minimum Gasteiger partial charge on any atom is -0.236 e. The molecule has 0 fully saturated rings. The highest BCUT2D eigenvalue weighted by atomic mass is 19.1. The van der Waals surface area contributed by atoms with Gasteiger partial charge in [0.15, 0.2) is 5.82 Å². The summed E-state index contributed by atoms with van der Waals surface area (Å²) in [4.78, 5) is 8.89. The average molecular weight is 262 g/mol. The van der Waals surface area contributed by atoms with Crippen LogP contribution < -0.4 is 0 Å². The summed E-state index contributed by atoms with van der Waals surface area (Å²) in [5, 5.41) is 0. The van der Waals surface area contributed by atoms with Gasteiger partial charge in [-0.2, -0.15) is 0 Å². The lowest BCUT2D eigenvalue weighted by Gasteiger charge is -2.05. The van der Waals surface area contributed by atoms with E-state index in [4.69, 9.17) is 0 Å². The van der Waals surface area contributed by atoms with E-state index in [1.807, 2.05) is 18.3 Å². The van der Waals surface area contributed by atoms with E-state index in [0.717, 1.165) is 23.2 Å². The molecule has 1 aliphatic carbocycles. The highest BCUT2D eigenvalue weighted by Gasteiger charge is 2.21. The lowest BCUT2D eigenvalue weighted by atomic mass is 10.1. The second-order valence-electron chi connectivity index (χ2n) is 4.88. The summed E-state index contributed by atoms with van der Waals surface area (Å²) in [5.41, 5.74) is 4.85. The van der Waals surface area contributed by atoms with Crippen LogP contribution in [-0.2, 0) is 6.42 Å². The van der Waals surface area contributed by atoms with E-state index in [0.29, 0.717) is 11.4 Å².